The lowest BCUT2D eigenvalue weighted by atomic mass is 10.1. The van der Waals surface area contributed by atoms with Crippen molar-refractivity contribution in [2.75, 3.05) is 6.54 Å². The predicted octanol–water partition coefficient (Wildman–Crippen LogP) is 0.922. The zero-order valence-electron chi connectivity index (χ0n) is 10.6. The molecule has 7 heteroatoms. The summed E-state index contributed by atoms with van der Waals surface area (Å²) in [6.45, 7) is 1.92. The van der Waals surface area contributed by atoms with Gasteiger partial charge in [-0.1, -0.05) is 0 Å². The van der Waals surface area contributed by atoms with Crippen molar-refractivity contribution in [3.63, 3.8) is 0 Å². The standard InChI is InChI=1S/C13H12N4O3/c18-13-7-11(15-12-8-14-5-6-16(12)13)9-1-3-10(4-2-9)17(19)20/h1-4,7,14H,5-6,8H2. The monoisotopic (exact) mass is 272 g/mol. The molecular formula is C13H12N4O3. The number of nitro benzene ring substituents is 1. The molecule has 0 saturated heterocycles. The molecule has 0 aliphatic carbocycles. The van der Waals surface area contributed by atoms with Crippen molar-refractivity contribution >= 4 is 5.69 Å². The molecule has 102 valence electrons. The molecule has 7 nitrogen and oxygen atoms in total. The summed E-state index contributed by atoms with van der Waals surface area (Å²) in [7, 11) is 0. The molecule has 1 aromatic heterocycles. The average Bonchev–Trinajstić information content (AvgIpc) is 2.47. The summed E-state index contributed by atoms with van der Waals surface area (Å²) >= 11 is 0. The topological polar surface area (TPSA) is 90.1 Å². The van der Waals surface area contributed by atoms with E-state index in [2.05, 4.69) is 10.3 Å². The Balaban J connectivity index is 2.04. The van der Waals surface area contributed by atoms with Gasteiger partial charge in [0.15, 0.2) is 0 Å². The fourth-order valence-corrected chi connectivity index (χ4v) is 2.22. The van der Waals surface area contributed by atoms with E-state index in [4.69, 9.17) is 0 Å². The molecule has 1 aliphatic heterocycles. The Kier molecular flexibility index (Phi) is 3.03. The molecule has 0 atom stereocenters. The van der Waals surface area contributed by atoms with Crippen LogP contribution in [0.2, 0.25) is 0 Å². The zero-order chi connectivity index (χ0) is 14.1. The smallest absolute Gasteiger partial charge is 0.269 e. The Morgan fingerprint density at radius 3 is 2.75 bits per heavy atom. The third-order valence-electron chi connectivity index (χ3n) is 3.26. The van der Waals surface area contributed by atoms with Crippen molar-refractivity contribution in [2.45, 2.75) is 13.1 Å². The largest absolute Gasteiger partial charge is 0.308 e. The second-order valence-corrected chi connectivity index (χ2v) is 4.53. The van der Waals surface area contributed by atoms with Crippen LogP contribution in [0.1, 0.15) is 5.82 Å². The van der Waals surface area contributed by atoms with Gasteiger partial charge in [-0.25, -0.2) is 4.98 Å². The maximum Gasteiger partial charge on any atom is 0.269 e. The third-order valence-corrected chi connectivity index (χ3v) is 3.26. The second kappa shape index (κ2) is 4.86. The Hall–Kier alpha value is -2.54. The van der Waals surface area contributed by atoms with Crippen LogP contribution in [-0.2, 0) is 13.1 Å². The van der Waals surface area contributed by atoms with Gasteiger partial charge in [0, 0.05) is 36.9 Å². The molecule has 1 aromatic carbocycles. The van der Waals surface area contributed by atoms with Gasteiger partial charge in [0.25, 0.3) is 11.2 Å². The molecule has 0 saturated carbocycles. The maximum atomic E-state index is 12.0. The van der Waals surface area contributed by atoms with Crippen molar-refractivity contribution in [3.8, 4) is 11.3 Å². The summed E-state index contributed by atoms with van der Waals surface area (Å²) in [5, 5.41) is 13.8. The lowest BCUT2D eigenvalue weighted by molar-refractivity contribution is -0.384. The summed E-state index contributed by atoms with van der Waals surface area (Å²) < 4.78 is 1.64. The first-order chi connectivity index (χ1) is 9.65. The van der Waals surface area contributed by atoms with Gasteiger partial charge in [-0.05, 0) is 12.1 Å². The van der Waals surface area contributed by atoms with Crippen molar-refractivity contribution in [1.29, 1.82) is 0 Å². The third kappa shape index (κ3) is 2.19. The van der Waals surface area contributed by atoms with Gasteiger partial charge >= 0.3 is 0 Å². The molecule has 1 N–H and O–H groups in total. The van der Waals surface area contributed by atoms with E-state index in [-0.39, 0.29) is 11.2 Å². The SMILES string of the molecule is O=c1cc(-c2ccc([N+](=O)[O-])cc2)nc2n1CCNC2. The van der Waals surface area contributed by atoms with Crippen molar-refractivity contribution in [1.82, 2.24) is 14.9 Å². The number of nitro groups is 1. The van der Waals surface area contributed by atoms with Crippen LogP contribution in [0.25, 0.3) is 11.3 Å². The molecule has 0 fully saturated rings. The van der Waals surface area contributed by atoms with Crippen LogP contribution in [0.15, 0.2) is 35.1 Å². The van der Waals surface area contributed by atoms with Crippen LogP contribution < -0.4 is 10.9 Å². The molecular weight excluding hydrogens is 260 g/mol. The summed E-state index contributed by atoms with van der Waals surface area (Å²) in [6, 6.07) is 7.50. The Bertz CT molecular complexity index is 721. The minimum absolute atomic E-state index is 0.0186. The van der Waals surface area contributed by atoms with E-state index in [9.17, 15) is 14.9 Å². The fraction of sp³-hybridized carbons (Fsp3) is 0.231. The number of hydrogen-bond acceptors (Lipinski definition) is 5. The van der Waals surface area contributed by atoms with Gasteiger partial charge in [-0.2, -0.15) is 0 Å². The number of nitrogens with one attached hydrogen (secondary N) is 1. The molecule has 1 aliphatic rings. The Labute approximate surface area is 114 Å². The van der Waals surface area contributed by atoms with Gasteiger partial charge in [-0.3, -0.25) is 19.5 Å². The van der Waals surface area contributed by atoms with Crippen LogP contribution in [0.5, 0.6) is 0 Å². The van der Waals surface area contributed by atoms with Gasteiger partial charge in [-0.15, -0.1) is 0 Å². The number of aromatic nitrogens is 2. The molecule has 3 rings (SSSR count). The minimum Gasteiger partial charge on any atom is -0.308 e. The highest BCUT2D eigenvalue weighted by Gasteiger charge is 2.14. The van der Waals surface area contributed by atoms with Crippen LogP contribution in [0.4, 0.5) is 5.69 Å². The summed E-state index contributed by atoms with van der Waals surface area (Å²) in [5.41, 5.74) is 1.16. The van der Waals surface area contributed by atoms with Crippen molar-refractivity contribution < 1.29 is 4.92 Å². The van der Waals surface area contributed by atoms with Crippen LogP contribution in [0, 0.1) is 10.1 Å². The predicted molar refractivity (Wildman–Crippen MR) is 72.3 cm³/mol. The maximum absolute atomic E-state index is 12.0. The van der Waals surface area contributed by atoms with Crippen LogP contribution in [0.3, 0.4) is 0 Å². The number of benzene rings is 1. The molecule has 0 amide bonds. The number of rotatable bonds is 2. The Morgan fingerprint density at radius 2 is 2.05 bits per heavy atom. The first-order valence-electron chi connectivity index (χ1n) is 6.21. The highest BCUT2D eigenvalue weighted by molar-refractivity contribution is 5.60. The highest BCUT2D eigenvalue weighted by Crippen LogP contribution is 2.20. The van der Waals surface area contributed by atoms with E-state index in [1.807, 2.05) is 0 Å². The lowest BCUT2D eigenvalue weighted by Gasteiger charge is -2.18. The first kappa shape index (κ1) is 12.5. The molecule has 0 unspecified atom stereocenters. The number of hydrogen-bond donors (Lipinski definition) is 1. The molecule has 20 heavy (non-hydrogen) atoms. The van der Waals surface area contributed by atoms with E-state index in [0.717, 1.165) is 6.54 Å². The molecule has 2 aromatic rings. The summed E-state index contributed by atoms with van der Waals surface area (Å²) in [5.74, 6) is 0.692. The quantitative estimate of drug-likeness (QED) is 0.648. The highest BCUT2D eigenvalue weighted by atomic mass is 16.6. The van der Waals surface area contributed by atoms with E-state index < -0.39 is 4.92 Å². The van der Waals surface area contributed by atoms with Crippen molar-refractivity contribution in [2.24, 2.45) is 0 Å². The fourth-order valence-electron chi connectivity index (χ4n) is 2.22. The minimum atomic E-state index is -0.455. The van der Waals surface area contributed by atoms with Gasteiger partial charge in [0.1, 0.15) is 5.82 Å². The van der Waals surface area contributed by atoms with E-state index in [1.54, 1.807) is 16.7 Å². The first-order valence-corrected chi connectivity index (χ1v) is 6.21. The lowest BCUT2D eigenvalue weighted by Crippen LogP contribution is -2.36. The normalized spacial score (nSPS) is 13.8. The Morgan fingerprint density at radius 1 is 1.30 bits per heavy atom. The van der Waals surface area contributed by atoms with Crippen LogP contribution >= 0.6 is 0 Å². The molecule has 0 spiro atoms. The zero-order valence-corrected chi connectivity index (χ0v) is 10.6. The summed E-state index contributed by atoms with van der Waals surface area (Å²) in [4.78, 5) is 26.6. The van der Waals surface area contributed by atoms with Crippen LogP contribution in [-0.4, -0.2) is 21.0 Å². The van der Waals surface area contributed by atoms with Gasteiger partial charge in [0.05, 0.1) is 17.2 Å². The number of fused-ring (bicyclic) bond motifs is 1. The number of nitrogens with zero attached hydrogens (tertiary/aromatic N) is 3. The van der Waals surface area contributed by atoms with E-state index in [1.165, 1.54) is 18.2 Å². The molecule has 0 bridgehead atoms. The van der Waals surface area contributed by atoms with Gasteiger partial charge in [0.2, 0.25) is 0 Å². The van der Waals surface area contributed by atoms with E-state index in [0.29, 0.717) is 30.2 Å². The van der Waals surface area contributed by atoms with Gasteiger partial charge < -0.3 is 5.32 Å². The van der Waals surface area contributed by atoms with Crippen molar-refractivity contribution in [3.05, 3.63) is 56.6 Å². The molecule has 2 heterocycles. The number of non-ortho nitro benzene ring substituents is 1. The average molecular weight is 272 g/mol. The second-order valence-electron chi connectivity index (χ2n) is 4.53. The summed E-state index contributed by atoms with van der Waals surface area (Å²) in [6.07, 6.45) is 0. The van der Waals surface area contributed by atoms with E-state index >= 15 is 0 Å². The molecule has 0 radical (unpaired) electrons.